The van der Waals surface area contributed by atoms with Gasteiger partial charge in [0.25, 0.3) is 10.0 Å². The smallest absolute Gasteiger partial charge is 0.237 e. The Kier molecular flexibility index (Phi) is 5.23. The third-order valence-electron chi connectivity index (χ3n) is 5.36. The summed E-state index contributed by atoms with van der Waals surface area (Å²) in [6, 6.07) is 10.7. The molecule has 2 saturated heterocycles. The van der Waals surface area contributed by atoms with Gasteiger partial charge in [0.15, 0.2) is 19.7 Å². The first-order chi connectivity index (χ1) is 13.6. The third-order valence-corrected chi connectivity index (χ3v) is 10.6. The zero-order valence-corrected chi connectivity index (χ0v) is 18.0. The van der Waals surface area contributed by atoms with Crippen molar-refractivity contribution < 1.29 is 25.3 Å². The molecule has 0 bridgehead atoms. The maximum absolute atomic E-state index is 13.4. The minimum absolute atomic E-state index is 0.0164. The average molecular weight is 459 g/mol. The maximum Gasteiger partial charge on any atom is 0.256 e. The number of hydrogen-bond donors (Lipinski definition) is 1. The summed E-state index contributed by atoms with van der Waals surface area (Å²) in [7, 11) is -10.7. The van der Waals surface area contributed by atoms with Gasteiger partial charge in [0, 0.05) is 6.04 Å². The van der Waals surface area contributed by atoms with E-state index >= 15 is 0 Å². The molecule has 2 fully saturated rings. The molecule has 0 aliphatic carbocycles. The fourth-order valence-corrected chi connectivity index (χ4v) is 8.91. The molecule has 2 aromatic carbocycles. The van der Waals surface area contributed by atoms with Gasteiger partial charge >= 0.3 is 0 Å². The topological polar surface area (TPSA) is 118 Å². The average Bonchev–Trinajstić information content (AvgIpc) is 3.19. The molecule has 0 saturated carbocycles. The van der Waals surface area contributed by atoms with E-state index in [0.29, 0.717) is 0 Å². The molecule has 11 heteroatoms. The maximum atomic E-state index is 13.4. The number of hydrogen-bond acceptors (Lipinski definition) is 7. The van der Waals surface area contributed by atoms with Gasteiger partial charge in [0.1, 0.15) is 0 Å². The van der Waals surface area contributed by atoms with Crippen LogP contribution in [0.4, 0.5) is 0 Å². The van der Waals surface area contributed by atoms with E-state index in [-0.39, 0.29) is 40.7 Å². The lowest BCUT2D eigenvalue weighted by Crippen LogP contribution is -2.54. The fourth-order valence-electron chi connectivity index (χ4n) is 3.85. The van der Waals surface area contributed by atoms with Crippen LogP contribution in [0.25, 0.3) is 10.8 Å². The second-order valence-electron chi connectivity index (χ2n) is 7.60. The zero-order chi connectivity index (χ0) is 20.9. The molecule has 2 aliphatic rings. The van der Waals surface area contributed by atoms with Crippen LogP contribution < -0.4 is 5.43 Å². The molecule has 0 amide bonds. The molecule has 2 atom stereocenters. The SMILES string of the molecule is O=S1(=O)CC[C@@H](NN([C@H]2CCS(=O)(=O)C2)S(=O)(=O)c2ccc3ccccc3c2)C1. The molecule has 2 heterocycles. The molecule has 4 rings (SSSR count). The number of rotatable bonds is 5. The van der Waals surface area contributed by atoms with E-state index in [1.54, 1.807) is 18.2 Å². The van der Waals surface area contributed by atoms with Crippen molar-refractivity contribution in [2.45, 2.75) is 29.8 Å². The number of sulfonamides is 1. The highest BCUT2D eigenvalue weighted by Gasteiger charge is 2.41. The lowest BCUT2D eigenvalue weighted by molar-refractivity contribution is 0.229. The Labute approximate surface area is 170 Å². The molecule has 0 spiro atoms. The van der Waals surface area contributed by atoms with E-state index in [2.05, 4.69) is 5.43 Å². The molecule has 0 radical (unpaired) electrons. The first kappa shape index (κ1) is 20.7. The molecular weight excluding hydrogens is 436 g/mol. The van der Waals surface area contributed by atoms with Crippen LogP contribution in [-0.4, -0.2) is 64.8 Å². The fraction of sp³-hybridized carbons (Fsp3) is 0.444. The normalized spacial score (nSPS) is 26.2. The highest BCUT2D eigenvalue weighted by molar-refractivity contribution is 7.92. The molecule has 29 heavy (non-hydrogen) atoms. The second-order valence-corrected chi connectivity index (χ2v) is 13.9. The van der Waals surface area contributed by atoms with Gasteiger partial charge in [-0.3, -0.25) is 0 Å². The molecule has 2 aliphatic heterocycles. The van der Waals surface area contributed by atoms with Gasteiger partial charge < -0.3 is 0 Å². The summed E-state index contributed by atoms with van der Waals surface area (Å²) in [5.41, 5.74) is 2.84. The number of fused-ring (bicyclic) bond motifs is 1. The van der Waals surface area contributed by atoms with E-state index in [9.17, 15) is 25.3 Å². The Morgan fingerprint density at radius 2 is 1.52 bits per heavy atom. The van der Waals surface area contributed by atoms with Crippen LogP contribution in [0.1, 0.15) is 12.8 Å². The molecule has 0 aromatic heterocycles. The third kappa shape index (κ3) is 4.33. The van der Waals surface area contributed by atoms with Gasteiger partial charge in [-0.05, 0) is 35.7 Å². The van der Waals surface area contributed by atoms with Crippen LogP contribution in [-0.2, 0) is 29.7 Å². The van der Waals surface area contributed by atoms with Gasteiger partial charge in [-0.25, -0.2) is 30.7 Å². The summed E-state index contributed by atoms with van der Waals surface area (Å²) in [6.07, 6.45) is 0.452. The van der Waals surface area contributed by atoms with Crippen molar-refractivity contribution in [3.05, 3.63) is 42.5 Å². The highest BCUT2D eigenvalue weighted by atomic mass is 32.2. The van der Waals surface area contributed by atoms with Crippen LogP contribution in [0.2, 0.25) is 0 Å². The number of hydrazine groups is 1. The molecule has 8 nitrogen and oxygen atoms in total. The number of sulfone groups is 2. The van der Waals surface area contributed by atoms with Crippen molar-refractivity contribution >= 4 is 40.5 Å². The Morgan fingerprint density at radius 1 is 0.862 bits per heavy atom. The standard InChI is InChI=1S/C18H22N2O6S3/c21-27(22)9-7-16(12-27)19-20(17-8-10-28(23,24)13-17)29(25,26)18-6-5-14-3-1-2-4-15(14)11-18/h1-6,11,16-17,19H,7-10,12-13H2/t16-,17+/m1/s1. The predicted molar refractivity (Wildman–Crippen MR) is 110 cm³/mol. The van der Waals surface area contributed by atoms with Crippen molar-refractivity contribution in [3.8, 4) is 0 Å². The minimum atomic E-state index is -4.09. The van der Waals surface area contributed by atoms with Gasteiger partial charge in [0.2, 0.25) is 0 Å². The Bertz CT molecular complexity index is 1260. The summed E-state index contributed by atoms with van der Waals surface area (Å²) in [5, 5.41) is 1.63. The summed E-state index contributed by atoms with van der Waals surface area (Å²) in [4.78, 5) is 0.0360. The molecule has 2 aromatic rings. The van der Waals surface area contributed by atoms with Gasteiger partial charge in [-0.1, -0.05) is 30.3 Å². The Hall–Kier alpha value is -1.53. The number of nitrogens with one attached hydrogen (secondary N) is 1. The van der Waals surface area contributed by atoms with Crippen LogP contribution in [0.3, 0.4) is 0 Å². The molecular formula is C18H22N2O6S3. The summed E-state index contributed by atoms with van der Waals surface area (Å²) in [5.74, 6) is -0.563. The first-order valence-corrected chi connectivity index (χ1v) is 14.3. The van der Waals surface area contributed by atoms with Crippen molar-refractivity contribution in [1.29, 1.82) is 0 Å². The highest BCUT2D eigenvalue weighted by Crippen LogP contribution is 2.27. The van der Waals surface area contributed by atoms with Crippen molar-refractivity contribution in [2.24, 2.45) is 0 Å². The largest absolute Gasteiger partial charge is 0.256 e. The van der Waals surface area contributed by atoms with Gasteiger partial charge in [-0.15, -0.1) is 4.41 Å². The van der Waals surface area contributed by atoms with Crippen LogP contribution in [0, 0.1) is 0 Å². The summed E-state index contributed by atoms with van der Waals surface area (Å²) >= 11 is 0. The van der Waals surface area contributed by atoms with Crippen LogP contribution >= 0.6 is 0 Å². The molecule has 158 valence electrons. The van der Waals surface area contributed by atoms with E-state index in [0.717, 1.165) is 15.2 Å². The van der Waals surface area contributed by atoms with Crippen molar-refractivity contribution in [2.75, 3.05) is 23.0 Å². The quantitative estimate of drug-likeness (QED) is 0.656. The summed E-state index contributed by atoms with van der Waals surface area (Å²) < 4.78 is 75.5. The van der Waals surface area contributed by atoms with E-state index in [1.165, 1.54) is 6.07 Å². The Morgan fingerprint density at radius 3 is 2.14 bits per heavy atom. The van der Waals surface area contributed by atoms with Gasteiger partial charge in [-0.2, -0.15) is 0 Å². The van der Waals surface area contributed by atoms with E-state index in [4.69, 9.17) is 0 Å². The number of nitrogens with zero attached hydrogens (tertiary/aromatic N) is 1. The van der Waals surface area contributed by atoms with E-state index < -0.39 is 41.8 Å². The molecule has 0 unspecified atom stereocenters. The second kappa shape index (κ2) is 7.31. The van der Waals surface area contributed by atoms with Crippen LogP contribution in [0.15, 0.2) is 47.4 Å². The lowest BCUT2D eigenvalue weighted by atomic mass is 10.1. The lowest BCUT2D eigenvalue weighted by Gasteiger charge is -2.30. The minimum Gasteiger partial charge on any atom is -0.237 e. The van der Waals surface area contributed by atoms with Crippen molar-refractivity contribution in [3.63, 3.8) is 0 Å². The zero-order valence-electron chi connectivity index (χ0n) is 15.6. The number of benzene rings is 2. The Balaban J connectivity index is 1.71. The molecule has 1 N–H and O–H groups in total. The monoisotopic (exact) mass is 458 g/mol. The van der Waals surface area contributed by atoms with Crippen molar-refractivity contribution in [1.82, 2.24) is 9.84 Å². The summed E-state index contributed by atoms with van der Waals surface area (Å²) in [6.45, 7) is 0. The predicted octanol–water partition coefficient (Wildman–Crippen LogP) is 0.709. The van der Waals surface area contributed by atoms with Crippen LogP contribution in [0.5, 0.6) is 0 Å². The van der Waals surface area contributed by atoms with Gasteiger partial charge in [0.05, 0.1) is 33.9 Å². The first-order valence-electron chi connectivity index (χ1n) is 9.26. The van der Waals surface area contributed by atoms with E-state index in [1.807, 2.05) is 18.2 Å².